The van der Waals surface area contributed by atoms with Crippen molar-refractivity contribution in [2.75, 3.05) is 26.3 Å². The van der Waals surface area contributed by atoms with Gasteiger partial charge in [0.2, 0.25) is 11.3 Å². The van der Waals surface area contributed by atoms with Crippen LogP contribution in [0.2, 0.25) is 0 Å². The Labute approximate surface area is 151 Å². The molecule has 6 heteroatoms. The average Bonchev–Trinajstić information content (AvgIpc) is 2.63. The Bertz CT molecular complexity index is 846. The van der Waals surface area contributed by atoms with Crippen LogP contribution < -0.4 is 10.3 Å². The number of H-pyrrole nitrogens is 1. The van der Waals surface area contributed by atoms with E-state index in [0.717, 1.165) is 61.6 Å². The number of nitrogens with zero attached hydrogens (tertiary/aromatic N) is 1. The summed E-state index contributed by atoms with van der Waals surface area (Å²) in [6, 6.07) is 10.1. The Balaban J connectivity index is 1.32. The van der Waals surface area contributed by atoms with Crippen molar-refractivity contribution in [3.63, 3.8) is 0 Å². The minimum Gasteiger partial charge on any atom is -0.462 e. The summed E-state index contributed by atoms with van der Waals surface area (Å²) in [6.07, 6.45) is 3.49. The number of benzene rings is 1. The fourth-order valence-electron chi connectivity index (χ4n) is 3.91. The molecule has 2 fully saturated rings. The van der Waals surface area contributed by atoms with Gasteiger partial charge in [-0.1, -0.05) is 6.07 Å². The largest absolute Gasteiger partial charge is 0.462 e. The Morgan fingerprint density at radius 1 is 1.08 bits per heavy atom. The molecule has 0 aliphatic carbocycles. The van der Waals surface area contributed by atoms with Crippen LogP contribution in [0.15, 0.2) is 41.3 Å². The SMILES string of the molecule is O=c1ccc(-c2ccc3c(c2)COC2(CCN(C4COC4)CC2)O3)c[nH]1. The van der Waals surface area contributed by atoms with E-state index in [4.69, 9.17) is 14.2 Å². The molecule has 1 aromatic carbocycles. The van der Waals surface area contributed by atoms with Crippen LogP contribution in [0.4, 0.5) is 0 Å². The molecule has 2 aromatic rings. The Morgan fingerprint density at radius 2 is 1.88 bits per heavy atom. The van der Waals surface area contributed by atoms with Crippen LogP contribution in [0, 0.1) is 0 Å². The van der Waals surface area contributed by atoms with Gasteiger partial charge in [-0.2, -0.15) is 0 Å². The van der Waals surface area contributed by atoms with E-state index in [1.54, 1.807) is 6.20 Å². The first-order valence-electron chi connectivity index (χ1n) is 9.18. The van der Waals surface area contributed by atoms with Gasteiger partial charge in [-0.15, -0.1) is 0 Å². The number of pyridine rings is 1. The fourth-order valence-corrected chi connectivity index (χ4v) is 3.91. The van der Waals surface area contributed by atoms with E-state index in [-0.39, 0.29) is 5.56 Å². The molecule has 4 heterocycles. The maximum atomic E-state index is 11.2. The summed E-state index contributed by atoms with van der Waals surface area (Å²) in [7, 11) is 0. The van der Waals surface area contributed by atoms with Crippen molar-refractivity contribution < 1.29 is 14.2 Å². The molecular formula is C20H22N2O4. The molecule has 0 saturated carbocycles. The number of fused-ring (bicyclic) bond motifs is 1. The Hall–Kier alpha value is -2.15. The summed E-state index contributed by atoms with van der Waals surface area (Å²) in [5, 5.41) is 0. The van der Waals surface area contributed by atoms with Crippen molar-refractivity contribution in [3.8, 4) is 16.9 Å². The van der Waals surface area contributed by atoms with E-state index in [0.29, 0.717) is 12.6 Å². The third-order valence-electron chi connectivity index (χ3n) is 5.66. The number of aromatic amines is 1. The van der Waals surface area contributed by atoms with E-state index < -0.39 is 5.79 Å². The first-order chi connectivity index (χ1) is 12.7. The molecule has 1 spiro atoms. The molecule has 0 radical (unpaired) electrons. The molecule has 0 unspecified atom stereocenters. The Morgan fingerprint density at radius 3 is 2.58 bits per heavy atom. The quantitative estimate of drug-likeness (QED) is 0.895. The van der Waals surface area contributed by atoms with Gasteiger partial charge in [-0.05, 0) is 29.3 Å². The maximum absolute atomic E-state index is 11.2. The standard InChI is InChI=1S/C20H22N2O4/c23-19-4-2-15(10-21-19)14-1-3-18-16(9-14)11-25-20(26-18)5-7-22(8-6-20)17-12-24-13-17/h1-4,9-10,17H,5-8,11-13H2,(H,21,23). The highest BCUT2D eigenvalue weighted by Gasteiger charge is 2.43. The normalized spacial score (nSPS) is 22.5. The number of hydrogen-bond acceptors (Lipinski definition) is 5. The molecule has 6 nitrogen and oxygen atoms in total. The summed E-state index contributed by atoms with van der Waals surface area (Å²) in [5.74, 6) is 0.415. The van der Waals surface area contributed by atoms with E-state index in [2.05, 4.69) is 16.0 Å². The highest BCUT2D eigenvalue weighted by Crippen LogP contribution is 2.39. The highest BCUT2D eigenvalue weighted by molar-refractivity contribution is 5.64. The van der Waals surface area contributed by atoms with E-state index in [1.807, 2.05) is 18.2 Å². The first kappa shape index (κ1) is 16.1. The van der Waals surface area contributed by atoms with Gasteiger partial charge in [0.15, 0.2) is 0 Å². The van der Waals surface area contributed by atoms with Gasteiger partial charge in [0.1, 0.15) is 5.75 Å². The van der Waals surface area contributed by atoms with Gasteiger partial charge in [0.05, 0.1) is 25.9 Å². The average molecular weight is 354 g/mol. The van der Waals surface area contributed by atoms with E-state index in [9.17, 15) is 4.79 Å². The number of rotatable bonds is 2. The summed E-state index contributed by atoms with van der Waals surface area (Å²) >= 11 is 0. The molecule has 3 aliphatic rings. The predicted octanol–water partition coefficient (Wildman–Crippen LogP) is 2.14. The number of nitrogens with one attached hydrogen (secondary N) is 1. The zero-order chi connectivity index (χ0) is 17.6. The van der Waals surface area contributed by atoms with Crippen LogP contribution in [0.5, 0.6) is 5.75 Å². The molecule has 26 heavy (non-hydrogen) atoms. The van der Waals surface area contributed by atoms with Crippen LogP contribution in [0.1, 0.15) is 18.4 Å². The second-order valence-corrected chi connectivity index (χ2v) is 7.29. The monoisotopic (exact) mass is 354 g/mol. The van der Waals surface area contributed by atoms with Crippen LogP contribution in [0.25, 0.3) is 11.1 Å². The number of piperidine rings is 1. The molecule has 1 aromatic heterocycles. The second-order valence-electron chi connectivity index (χ2n) is 7.29. The minimum absolute atomic E-state index is 0.0971. The molecule has 136 valence electrons. The van der Waals surface area contributed by atoms with Crippen LogP contribution in [0.3, 0.4) is 0 Å². The van der Waals surface area contributed by atoms with Crippen LogP contribution >= 0.6 is 0 Å². The van der Waals surface area contributed by atoms with Crippen molar-refractivity contribution in [1.82, 2.24) is 9.88 Å². The zero-order valence-electron chi connectivity index (χ0n) is 14.6. The van der Waals surface area contributed by atoms with Crippen molar-refractivity contribution in [2.45, 2.75) is 31.3 Å². The van der Waals surface area contributed by atoms with Gasteiger partial charge >= 0.3 is 0 Å². The molecule has 1 N–H and O–H groups in total. The smallest absolute Gasteiger partial charge is 0.247 e. The molecule has 0 atom stereocenters. The topological polar surface area (TPSA) is 63.8 Å². The van der Waals surface area contributed by atoms with Gasteiger partial charge in [-0.25, -0.2) is 0 Å². The van der Waals surface area contributed by atoms with Crippen molar-refractivity contribution in [2.24, 2.45) is 0 Å². The third-order valence-corrected chi connectivity index (χ3v) is 5.66. The van der Waals surface area contributed by atoms with Crippen LogP contribution in [-0.2, 0) is 16.1 Å². The molecular weight excluding hydrogens is 332 g/mol. The number of hydrogen-bond donors (Lipinski definition) is 1. The van der Waals surface area contributed by atoms with Crippen molar-refractivity contribution >= 4 is 0 Å². The zero-order valence-corrected chi connectivity index (χ0v) is 14.6. The molecule has 0 bridgehead atoms. The second kappa shape index (κ2) is 6.23. The van der Waals surface area contributed by atoms with Gasteiger partial charge in [0, 0.05) is 43.8 Å². The molecule has 2 saturated heterocycles. The van der Waals surface area contributed by atoms with Gasteiger partial charge < -0.3 is 19.2 Å². The van der Waals surface area contributed by atoms with Crippen molar-refractivity contribution in [1.29, 1.82) is 0 Å². The number of ether oxygens (including phenoxy) is 3. The Kier molecular flexibility index (Phi) is 3.85. The fraction of sp³-hybridized carbons (Fsp3) is 0.450. The lowest BCUT2D eigenvalue weighted by molar-refractivity contribution is -0.234. The maximum Gasteiger partial charge on any atom is 0.247 e. The van der Waals surface area contributed by atoms with Gasteiger partial charge in [0.25, 0.3) is 0 Å². The first-order valence-corrected chi connectivity index (χ1v) is 9.18. The number of aromatic nitrogens is 1. The molecule has 0 amide bonds. The van der Waals surface area contributed by atoms with Crippen LogP contribution in [-0.4, -0.2) is 48.0 Å². The van der Waals surface area contributed by atoms with E-state index >= 15 is 0 Å². The minimum atomic E-state index is -0.492. The summed E-state index contributed by atoms with van der Waals surface area (Å²) in [4.78, 5) is 16.4. The lowest BCUT2D eigenvalue weighted by Gasteiger charge is -2.47. The summed E-state index contributed by atoms with van der Waals surface area (Å²) in [6.45, 7) is 4.23. The van der Waals surface area contributed by atoms with E-state index in [1.165, 1.54) is 6.07 Å². The summed E-state index contributed by atoms with van der Waals surface area (Å²) < 4.78 is 17.8. The summed E-state index contributed by atoms with van der Waals surface area (Å²) in [5.41, 5.74) is 2.97. The number of likely N-dealkylation sites (tertiary alicyclic amines) is 1. The highest BCUT2D eigenvalue weighted by atomic mass is 16.7. The molecule has 3 aliphatic heterocycles. The van der Waals surface area contributed by atoms with Gasteiger partial charge in [-0.3, -0.25) is 9.69 Å². The lowest BCUT2D eigenvalue weighted by Crippen LogP contribution is -2.57. The predicted molar refractivity (Wildman–Crippen MR) is 96.1 cm³/mol. The molecule has 5 rings (SSSR count). The third kappa shape index (κ3) is 2.84. The van der Waals surface area contributed by atoms with Crippen molar-refractivity contribution in [3.05, 3.63) is 52.4 Å². The lowest BCUT2D eigenvalue weighted by atomic mass is 9.98.